The maximum atomic E-state index is 6.39. The van der Waals surface area contributed by atoms with Gasteiger partial charge in [0.05, 0.1) is 0 Å². The van der Waals surface area contributed by atoms with Crippen molar-refractivity contribution in [2.75, 3.05) is 0 Å². The molecule has 1 heteroatoms. The fourth-order valence-corrected chi connectivity index (χ4v) is 8.04. The van der Waals surface area contributed by atoms with Gasteiger partial charge in [-0.25, -0.2) is 0 Å². The predicted molar refractivity (Wildman–Crippen MR) is 191 cm³/mol. The molecule has 1 aliphatic carbocycles. The van der Waals surface area contributed by atoms with Gasteiger partial charge < -0.3 is 4.42 Å². The first-order valence-electron chi connectivity index (χ1n) is 15.8. The third-order valence-electron chi connectivity index (χ3n) is 9.89. The van der Waals surface area contributed by atoms with E-state index in [2.05, 4.69) is 146 Å². The molecule has 9 aromatic rings. The third kappa shape index (κ3) is 3.50. The van der Waals surface area contributed by atoms with Crippen LogP contribution < -0.4 is 5.42 Å². The van der Waals surface area contributed by atoms with Crippen LogP contribution in [0.15, 0.2) is 144 Å². The number of benzene rings is 8. The molecule has 0 saturated carbocycles. The molecule has 0 unspecified atom stereocenters. The molecule has 0 radical (unpaired) electrons. The van der Waals surface area contributed by atoms with E-state index in [1.807, 2.05) is 0 Å². The number of furan rings is 1. The van der Waals surface area contributed by atoms with Gasteiger partial charge in [-0.3, -0.25) is 0 Å². The van der Waals surface area contributed by atoms with Crippen molar-refractivity contribution >= 4 is 60.1 Å². The highest BCUT2D eigenvalue weighted by Gasteiger charge is 2.23. The minimum absolute atomic E-state index is 0.981. The highest BCUT2D eigenvalue weighted by atomic mass is 16.3. The van der Waals surface area contributed by atoms with E-state index in [1.165, 1.54) is 87.4 Å². The summed E-state index contributed by atoms with van der Waals surface area (Å²) >= 11 is 0. The first-order chi connectivity index (χ1) is 22.3. The van der Waals surface area contributed by atoms with Gasteiger partial charge in [-0.15, -0.1) is 0 Å². The zero-order chi connectivity index (χ0) is 29.5. The van der Waals surface area contributed by atoms with E-state index in [0.717, 1.165) is 23.8 Å². The summed E-state index contributed by atoms with van der Waals surface area (Å²) < 4.78 is 6.39. The van der Waals surface area contributed by atoms with Gasteiger partial charge in [0.1, 0.15) is 11.0 Å². The Morgan fingerprint density at radius 2 is 0.978 bits per heavy atom. The van der Waals surface area contributed by atoms with Crippen molar-refractivity contribution in [3.8, 4) is 33.4 Å². The lowest BCUT2D eigenvalue weighted by Crippen LogP contribution is -2.05. The molecule has 0 saturated heterocycles. The van der Waals surface area contributed by atoms with E-state index >= 15 is 0 Å². The molecular weight excluding hydrogens is 544 g/mol. The van der Waals surface area contributed by atoms with E-state index in [9.17, 15) is 0 Å². The highest BCUT2D eigenvalue weighted by molar-refractivity contribution is 6.27. The molecule has 0 atom stereocenters. The Kier molecular flexibility index (Phi) is 5.18. The number of rotatable bonds is 3. The lowest BCUT2D eigenvalue weighted by molar-refractivity contribution is 0.579. The average molecular weight is 573 g/mol. The number of hydrogen-bond acceptors (Lipinski definition) is 1. The van der Waals surface area contributed by atoms with Crippen LogP contribution in [0.2, 0.25) is 0 Å². The second-order valence-electron chi connectivity index (χ2n) is 12.3. The summed E-state index contributed by atoms with van der Waals surface area (Å²) in [7, 11) is 0. The van der Waals surface area contributed by atoms with Crippen LogP contribution >= 0.6 is 0 Å². The molecule has 8 aromatic carbocycles. The Balaban J connectivity index is 1.34. The van der Waals surface area contributed by atoms with E-state index in [1.54, 1.807) is 0 Å². The highest BCUT2D eigenvalue weighted by Crippen LogP contribution is 2.48. The van der Waals surface area contributed by atoms with E-state index < -0.39 is 0 Å². The third-order valence-corrected chi connectivity index (χ3v) is 9.89. The van der Waals surface area contributed by atoms with E-state index in [-0.39, 0.29) is 0 Å². The van der Waals surface area contributed by atoms with Crippen LogP contribution in [0.25, 0.3) is 93.5 Å². The Morgan fingerprint density at radius 1 is 0.422 bits per heavy atom. The van der Waals surface area contributed by atoms with Crippen molar-refractivity contribution in [2.24, 2.45) is 0 Å². The summed E-state index contributed by atoms with van der Waals surface area (Å²) in [6, 6.07) is 51.3. The molecule has 10 rings (SSSR count). The lowest BCUT2D eigenvalue weighted by atomic mass is 9.82. The Morgan fingerprint density at radius 3 is 1.67 bits per heavy atom. The fraction of sp³-hybridized carbons (Fsp3) is 0.0455. The molecule has 1 heterocycles. The molecule has 0 bridgehead atoms. The SMILES string of the molecule is C1=c2oc3cccc4c(-c5c6ccccc6c(-c6ccc(-c7ccccc7)c7ccccc67)c6ccccc56)cc(c2c34)CC1. The molecule has 0 spiro atoms. The van der Waals surface area contributed by atoms with Crippen LogP contribution in [-0.4, -0.2) is 0 Å². The molecule has 0 N–H and O–H groups in total. The first kappa shape index (κ1) is 24.7. The zero-order valence-corrected chi connectivity index (χ0v) is 24.7. The number of fused-ring (bicyclic) bond motifs is 3. The molecule has 1 aliphatic rings. The monoisotopic (exact) mass is 572 g/mol. The van der Waals surface area contributed by atoms with Gasteiger partial charge >= 0.3 is 0 Å². The Bertz CT molecular complexity index is 2630. The summed E-state index contributed by atoms with van der Waals surface area (Å²) in [5, 5.41) is 11.5. The maximum absolute atomic E-state index is 6.39. The van der Waals surface area contributed by atoms with Crippen molar-refractivity contribution in [2.45, 2.75) is 12.8 Å². The average Bonchev–Trinajstić information content (AvgIpc) is 3.50. The van der Waals surface area contributed by atoms with Crippen LogP contribution in [0.1, 0.15) is 12.0 Å². The molecule has 1 nitrogen and oxygen atoms in total. The number of hydrogen-bond donors (Lipinski definition) is 0. The Hall–Kier alpha value is -5.66. The minimum Gasteiger partial charge on any atom is -0.456 e. The number of aryl methyl sites for hydroxylation is 1. The van der Waals surface area contributed by atoms with Crippen molar-refractivity contribution in [1.82, 2.24) is 0 Å². The summed E-state index contributed by atoms with van der Waals surface area (Å²) in [5.74, 6) is 0. The molecule has 45 heavy (non-hydrogen) atoms. The lowest BCUT2D eigenvalue weighted by Gasteiger charge is -2.21. The van der Waals surface area contributed by atoms with Gasteiger partial charge in [-0.2, -0.15) is 0 Å². The van der Waals surface area contributed by atoms with Crippen molar-refractivity contribution < 1.29 is 4.42 Å². The molecule has 0 aliphatic heterocycles. The molecule has 0 fully saturated rings. The van der Waals surface area contributed by atoms with Crippen LogP contribution in [0.4, 0.5) is 0 Å². The first-order valence-corrected chi connectivity index (χ1v) is 15.8. The summed E-state index contributed by atoms with van der Waals surface area (Å²) in [6.07, 6.45) is 4.30. The van der Waals surface area contributed by atoms with E-state index in [0.29, 0.717) is 0 Å². The molecule has 1 aromatic heterocycles. The van der Waals surface area contributed by atoms with Crippen LogP contribution in [0, 0.1) is 0 Å². The summed E-state index contributed by atoms with van der Waals surface area (Å²) in [5.41, 5.74) is 11.1. The fourth-order valence-electron chi connectivity index (χ4n) is 8.04. The van der Waals surface area contributed by atoms with Crippen molar-refractivity contribution in [1.29, 1.82) is 0 Å². The normalized spacial score (nSPS) is 12.9. The van der Waals surface area contributed by atoms with Crippen LogP contribution in [-0.2, 0) is 6.42 Å². The molecule has 210 valence electrons. The van der Waals surface area contributed by atoms with Crippen molar-refractivity contribution in [3.05, 3.63) is 151 Å². The van der Waals surface area contributed by atoms with Crippen LogP contribution in [0.5, 0.6) is 0 Å². The van der Waals surface area contributed by atoms with Gasteiger partial charge in [0, 0.05) is 10.8 Å². The predicted octanol–water partition coefficient (Wildman–Crippen LogP) is 11.5. The maximum Gasteiger partial charge on any atom is 0.136 e. The molecular formula is C44H28O. The van der Waals surface area contributed by atoms with Gasteiger partial charge in [-0.1, -0.05) is 127 Å². The van der Waals surface area contributed by atoms with Gasteiger partial charge in [0.2, 0.25) is 0 Å². The quantitative estimate of drug-likeness (QED) is 0.192. The van der Waals surface area contributed by atoms with Gasteiger partial charge in [0.15, 0.2) is 0 Å². The van der Waals surface area contributed by atoms with Gasteiger partial charge in [-0.05, 0) is 108 Å². The van der Waals surface area contributed by atoms with Crippen LogP contribution in [0.3, 0.4) is 0 Å². The second kappa shape index (κ2) is 9.42. The minimum atomic E-state index is 0.981. The van der Waals surface area contributed by atoms with Crippen molar-refractivity contribution in [3.63, 3.8) is 0 Å². The summed E-state index contributed by atoms with van der Waals surface area (Å²) in [4.78, 5) is 0. The largest absolute Gasteiger partial charge is 0.456 e. The zero-order valence-electron chi connectivity index (χ0n) is 24.7. The smallest absolute Gasteiger partial charge is 0.136 e. The molecule has 0 amide bonds. The topological polar surface area (TPSA) is 13.1 Å². The summed E-state index contributed by atoms with van der Waals surface area (Å²) in [6.45, 7) is 0. The Labute approximate surface area is 260 Å². The standard InChI is InChI=1S/C44H28O/c1-2-12-27(13-3-1)29-24-25-37(31-16-5-4-15-30(29)31)42-32-17-6-8-19-34(32)43(35-20-9-7-18-33(35)42)38-26-28-14-10-22-39-41(28)44-36(38)21-11-23-40(44)45-39/h1-9,11-13,15-26H,10,14H2. The van der Waals surface area contributed by atoms with E-state index in [4.69, 9.17) is 4.42 Å². The van der Waals surface area contributed by atoms with Gasteiger partial charge in [0.25, 0.3) is 0 Å². The second-order valence-corrected chi connectivity index (χ2v) is 12.3.